The molecule has 0 saturated carbocycles. The van der Waals surface area contributed by atoms with Gasteiger partial charge in [-0.3, -0.25) is 14.4 Å². The van der Waals surface area contributed by atoms with E-state index in [2.05, 4.69) is 22.3 Å². The molecule has 0 spiro atoms. The van der Waals surface area contributed by atoms with Gasteiger partial charge < -0.3 is 30.1 Å². The van der Waals surface area contributed by atoms with Gasteiger partial charge in [0.2, 0.25) is 11.8 Å². The Kier molecular flexibility index (Phi) is 13.1. The first-order valence-electron chi connectivity index (χ1n) is 13.9. The van der Waals surface area contributed by atoms with Gasteiger partial charge >= 0.3 is 12.1 Å². The molecule has 2 atom stereocenters. The first-order valence-corrected chi connectivity index (χ1v) is 13.9. The van der Waals surface area contributed by atoms with Crippen molar-refractivity contribution >= 4 is 23.9 Å². The molecule has 3 N–H and O–H groups in total. The van der Waals surface area contributed by atoms with Gasteiger partial charge in [-0.1, -0.05) is 68.7 Å². The monoisotopic (exact) mass is 569 g/mol. The maximum Gasteiger partial charge on any atom is 0.408 e. The minimum atomic E-state index is -1.08. The molecule has 0 saturated heterocycles. The van der Waals surface area contributed by atoms with Gasteiger partial charge in [0.05, 0.1) is 7.11 Å². The summed E-state index contributed by atoms with van der Waals surface area (Å²) < 4.78 is 10.1. The number of carbonyl (C=O) groups excluding carboxylic acids is 4. The van der Waals surface area contributed by atoms with Gasteiger partial charge in [0, 0.05) is 13.0 Å². The predicted molar refractivity (Wildman–Crippen MR) is 155 cm³/mol. The summed E-state index contributed by atoms with van der Waals surface area (Å²) in [6, 6.07) is 13.0. The molecule has 0 heterocycles. The second kappa shape index (κ2) is 16.2. The average Bonchev–Trinajstić information content (AvgIpc) is 2.93. The number of nitrogens with zero attached hydrogens (tertiary/aromatic N) is 1. The first-order chi connectivity index (χ1) is 19.4. The molecule has 41 heavy (non-hydrogen) atoms. The minimum absolute atomic E-state index is 0.0701. The standard InChI is InChI=1S/C31H43N3O7/c1-6-7-8-12-19-34(27(23-13-10-9-11-14-23)28(37)32-21-26(36)40-5)29(38)25(33-30(39)41-31(2,3)4)20-22-15-17-24(35)18-16-22/h9-11,13-18,25,27,35H,6-8,12,19-21H2,1-5H3,(H,32,37)(H,33,39). The van der Waals surface area contributed by atoms with E-state index in [1.165, 1.54) is 24.1 Å². The summed E-state index contributed by atoms with van der Waals surface area (Å²) in [5.74, 6) is -1.59. The van der Waals surface area contributed by atoms with E-state index in [1.807, 2.05) is 0 Å². The van der Waals surface area contributed by atoms with Crippen molar-refractivity contribution in [2.24, 2.45) is 0 Å². The summed E-state index contributed by atoms with van der Waals surface area (Å²) in [5.41, 5.74) is 0.449. The number of phenols is 1. The maximum atomic E-state index is 14.3. The summed E-state index contributed by atoms with van der Waals surface area (Å²) in [6.45, 7) is 7.13. The van der Waals surface area contributed by atoms with Gasteiger partial charge in [0.1, 0.15) is 30.0 Å². The lowest BCUT2D eigenvalue weighted by molar-refractivity contribution is -0.144. The number of ether oxygens (including phenoxy) is 2. The number of aromatic hydroxyl groups is 1. The molecule has 2 aromatic carbocycles. The summed E-state index contributed by atoms with van der Waals surface area (Å²) in [5, 5.41) is 15.0. The van der Waals surface area contributed by atoms with E-state index >= 15 is 0 Å². The lowest BCUT2D eigenvalue weighted by atomic mass is 9.99. The highest BCUT2D eigenvalue weighted by Crippen LogP contribution is 2.24. The SMILES string of the molecule is CCCCCCN(C(=O)C(Cc1ccc(O)cc1)NC(=O)OC(C)(C)C)C(C(=O)NCC(=O)OC)c1ccccc1. The Balaban J connectivity index is 2.51. The molecule has 224 valence electrons. The van der Waals surface area contributed by atoms with Gasteiger partial charge in [-0.2, -0.15) is 0 Å². The van der Waals surface area contributed by atoms with Gasteiger partial charge in [-0.05, 0) is 50.5 Å². The van der Waals surface area contributed by atoms with Crippen molar-refractivity contribution in [1.29, 1.82) is 0 Å². The van der Waals surface area contributed by atoms with Crippen LogP contribution in [-0.4, -0.2) is 65.7 Å². The summed E-state index contributed by atoms with van der Waals surface area (Å²) in [7, 11) is 1.23. The van der Waals surface area contributed by atoms with Crippen molar-refractivity contribution in [3.05, 3.63) is 65.7 Å². The van der Waals surface area contributed by atoms with Crippen LogP contribution in [0.25, 0.3) is 0 Å². The number of unbranched alkanes of at least 4 members (excludes halogenated alkanes) is 3. The van der Waals surface area contributed by atoms with Crippen LogP contribution in [0.3, 0.4) is 0 Å². The predicted octanol–water partition coefficient (Wildman–Crippen LogP) is 4.27. The zero-order chi connectivity index (χ0) is 30.4. The zero-order valence-corrected chi connectivity index (χ0v) is 24.6. The van der Waals surface area contributed by atoms with Crippen LogP contribution in [0.15, 0.2) is 54.6 Å². The van der Waals surface area contributed by atoms with Crippen LogP contribution in [0.5, 0.6) is 5.75 Å². The Morgan fingerprint density at radius 1 is 0.951 bits per heavy atom. The van der Waals surface area contributed by atoms with Crippen molar-refractivity contribution in [1.82, 2.24) is 15.5 Å². The van der Waals surface area contributed by atoms with E-state index in [0.717, 1.165) is 19.3 Å². The Labute approximate surface area is 242 Å². The fourth-order valence-electron chi connectivity index (χ4n) is 4.23. The zero-order valence-electron chi connectivity index (χ0n) is 24.6. The van der Waals surface area contributed by atoms with Crippen molar-refractivity contribution in [2.75, 3.05) is 20.2 Å². The van der Waals surface area contributed by atoms with Crippen LogP contribution in [0.1, 0.15) is 70.5 Å². The van der Waals surface area contributed by atoms with Crippen molar-refractivity contribution < 1.29 is 33.8 Å². The van der Waals surface area contributed by atoms with E-state index in [1.54, 1.807) is 63.2 Å². The number of esters is 1. The first kappa shape index (κ1) is 33.1. The summed E-state index contributed by atoms with van der Waals surface area (Å²) in [6.07, 6.45) is 2.74. The smallest absolute Gasteiger partial charge is 0.408 e. The Hall–Kier alpha value is -4.08. The van der Waals surface area contributed by atoms with Crippen LogP contribution in [-0.2, 0) is 30.3 Å². The Bertz CT molecular complexity index is 1130. The van der Waals surface area contributed by atoms with Crippen molar-refractivity contribution in [3.63, 3.8) is 0 Å². The van der Waals surface area contributed by atoms with E-state index in [9.17, 15) is 24.3 Å². The molecule has 0 aliphatic rings. The Morgan fingerprint density at radius 2 is 1.61 bits per heavy atom. The highest BCUT2D eigenvalue weighted by atomic mass is 16.6. The largest absolute Gasteiger partial charge is 0.508 e. The number of carbonyl (C=O) groups is 4. The molecule has 0 aliphatic heterocycles. The third kappa shape index (κ3) is 11.5. The molecule has 10 heteroatoms. The number of rotatable bonds is 14. The summed E-state index contributed by atoms with van der Waals surface area (Å²) >= 11 is 0. The van der Waals surface area contributed by atoms with E-state index in [-0.39, 0.29) is 25.3 Å². The van der Waals surface area contributed by atoms with Crippen molar-refractivity contribution in [2.45, 2.75) is 77.5 Å². The number of hydrogen-bond donors (Lipinski definition) is 3. The fourth-order valence-corrected chi connectivity index (χ4v) is 4.23. The maximum absolute atomic E-state index is 14.3. The minimum Gasteiger partial charge on any atom is -0.508 e. The molecule has 0 fully saturated rings. The molecule has 0 bridgehead atoms. The topological polar surface area (TPSA) is 134 Å². The van der Waals surface area contributed by atoms with E-state index < -0.39 is 41.6 Å². The van der Waals surface area contributed by atoms with E-state index in [4.69, 9.17) is 4.74 Å². The molecular weight excluding hydrogens is 526 g/mol. The van der Waals surface area contributed by atoms with Gasteiger partial charge in [-0.15, -0.1) is 0 Å². The lowest BCUT2D eigenvalue weighted by Crippen LogP contribution is -2.54. The highest BCUT2D eigenvalue weighted by Gasteiger charge is 2.36. The van der Waals surface area contributed by atoms with Crippen LogP contribution >= 0.6 is 0 Å². The molecule has 3 amide bonds. The van der Waals surface area contributed by atoms with Gasteiger partial charge in [0.15, 0.2) is 0 Å². The molecule has 0 aromatic heterocycles. The van der Waals surface area contributed by atoms with Crippen molar-refractivity contribution in [3.8, 4) is 5.75 Å². The summed E-state index contributed by atoms with van der Waals surface area (Å²) in [4.78, 5) is 54.0. The third-order valence-electron chi connectivity index (χ3n) is 6.21. The fraction of sp³-hybridized carbons (Fsp3) is 0.484. The lowest BCUT2D eigenvalue weighted by Gasteiger charge is -2.34. The molecule has 10 nitrogen and oxygen atoms in total. The number of alkyl carbamates (subject to hydrolysis) is 1. The number of benzene rings is 2. The highest BCUT2D eigenvalue weighted by molar-refractivity contribution is 5.93. The van der Waals surface area contributed by atoms with Gasteiger partial charge in [-0.25, -0.2) is 4.79 Å². The number of hydrogen-bond acceptors (Lipinski definition) is 7. The molecule has 2 aromatic rings. The number of methoxy groups -OCH3 is 1. The van der Waals surface area contributed by atoms with Crippen LogP contribution in [0.2, 0.25) is 0 Å². The van der Waals surface area contributed by atoms with E-state index in [0.29, 0.717) is 17.5 Å². The number of nitrogens with one attached hydrogen (secondary N) is 2. The third-order valence-corrected chi connectivity index (χ3v) is 6.21. The molecule has 0 aliphatic carbocycles. The Morgan fingerprint density at radius 3 is 2.20 bits per heavy atom. The molecular formula is C31H43N3O7. The second-order valence-corrected chi connectivity index (χ2v) is 10.8. The van der Waals surface area contributed by atoms with Gasteiger partial charge in [0.25, 0.3) is 0 Å². The van der Waals surface area contributed by atoms with Crippen LogP contribution in [0, 0.1) is 0 Å². The average molecular weight is 570 g/mol. The normalized spacial score (nSPS) is 12.5. The number of amides is 3. The molecule has 0 radical (unpaired) electrons. The quantitative estimate of drug-likeness (QED) is 0.229. The number of phenolic OH excluding ortho intramolecular Hbond substituents is 1. The van der Waals surface area contributed by atoms with Crippen LogP contribution in [0.4, 0.5) is 4.79 Å². The molecule has 2 unspecified atom stereocenters. The second-order valence-electron chi connectivity index (χ2n) is 10.8. The molecule has 2 rings (SSSR count). The van der Waals surface area contributed by atoms with Crippen LogP contribution < -0.4 is 10.6 Å².